The third kappa shape index (κ3) is 3.27. The first-order chi connectivity index (χ1) is 13.6. The summed E-state index contributed by atoms with van der Waals surface area (Å²) >= 11 is 0. The minimum Gasteiger partial charge on any atom is -0.389 e. The van der Waals surface area contributed by atoms with E-state index in [1.54, 1.807) is 13.1 Å². The molecule has 2 heterocycles. The highest BCUT2D eigenvalue weighted by Crippen LogP contribution is 2.35. The minimum absolute atomic E-state index is 0.0325. The van der Waals surface area contributed by atoms with Crippen LogP contribution in [0, 0.1) is 6.57 Å². The number of aromatic nitrogens is 3. The number of aliphatic hydroxyl groups excluding tert-OH is 1. The molecule has 1 fully saturated rings. The molecule has 4 rings (SSSR count). The molecular weight excluding hydrogens is 354 g/mol. The molecule has 0 saturated heterocycles. The van der Waals surface area contributed by atoms with E-state index in [9.17, 15) is 9.90 Å². The highest BCUT2D eigenvalue weighted by molar-refractivity contribution is 5.91. The zero-order chi connectivity index (χ0) is 19.7. The Kier molecular flexibility index (Phi) is 4.88. The Bertz CT molecular complexity index is 1090. The number of pyridine rings is 1. The average molecular weight is 377 g/mol. The lowest BCUT2D eigenvalue weighted by molar-refractivity contribution is 0.199. The van der Waals surface area contributed by atoms with E-state index < -0.39 is 6.10 Å². The Morgan fingerprint density at radius 2 is 2.18 bits per heavy atom. The number of aliphatic hydroxyl groups is 1. The van der Waals surface area contributed by atoms with Crippen molar-refractivity contribution in [1.82, 2.24) is 14.8 Å². The van der Waals surface area contributed by atoms with Gasteiger partial charge in [0.05, 0.1) is 11.6 Å². The van der Waals surface area contributed by atoms with Crippen molar-refractivity contribution in [2.75, 3.05) is 5.32 Å². The van der Waals surface area contributed by atoms with Crippen molar-refractivity contribution in [3.63, 3.8) is 0 Å². The van der Waals surface area contributed by atoms with Gasteiger partial charge >= 0.3 is 0 Å². The average Bonchev–Trinajstić information content (AvgIpc) is 3.07. The molecule has 0 radical (unpaired) electrons. The Morgan fingerprint density at radius 3 is 2.96 bits per heavy atom. The van der Waals surface area contributed by atoms with Crippen molar-refractivity contribution in [3.8, 4) is 0 Å². The number of aromatic amines is 1. The van der Waals surface area contributed by atoms with Gasteiger partial charge in [0.2, 0.25) is 6.04 Å². The minimum atomic E-state index is -0.582. The van der Waals surface area contributed by atoms with Gasteiger partial charge in [0.15, 0.2) is 5.82 Å². The largest absolute Gasteiger partial charge is 0.389 e. The Morgan fingerprint density at radius 1 is 1.36 bits per heavy atom. The number of fused-ring (bicyclic) bond motifs is 1. The van der Waals surface area contributed by atoms with Gasteiger partial charge in [0, 0.05) is 18.3 Å². The van der Waals surface area contributed by atoms with E-state index in [0.29, 0.717) is 11.2 Å². The first kappa shape index (κ1) is 18.3. The SMILES string of the molecule is [C-]#[N+][C@H]1CCCC[C@@H]1n1nc(Nc2cccc(C(C)O)c2)c2c(=O)[nH]ccc21. The summed E-state index contributed by atoms with van der Waals surface area (Å²) in [6.07, 6.45) is 4.89. The summed E-state index contributed by atoms with van der Waals surface area (Å²) in [5.41, 5.74) is 2.05. The van der Waals surface area contributed by atoms with Crippen LogP contribution in [0.3, 0.4) is 0 Å². The number of H-pyrrole nitrogens is 1. The summed E-state index contributed by atoms with van der Waals surface area (Å²) in [4.78, 5) is 19.1. The molecule has 1 saturated carbocycles. The van der Waals surface area contributed by atoms with Gasteiger partial charge in [-0.05, 0) is 43.5 Å². The molecule has 1 aromatic carbocycles. The van der Waals surface area contributed by atoms with E-state index in [1.165, 1.54) is 0 Å². The number of benzene rings is 1. The molecule has 0 bridgehead atoms. The highest BCUT2D eigenvalue weighted by atomic mass is 16.3. The van der Waals surface area contributed by atoms with Crippen LogP contribution in [0.4, 0.5) is 11.5 Å². The van der Waals surface area contributed by atoms with E-state index >= 15 is 0 Å². The molecule has 0 aliphatic heterocycles. The third-order valence-electron chi connectivity index (χ3n) is 5.44. The van der Waals surface area contributed by atoms with Crippen LogP contribution in [0.1, 0.15) is 50.3 Å². The molecule has 144 valence electrons. The van der Waals surface area contributed by atoms with Crippen molar-refractivity contribution >= 4 is 22.4 Å². The second-order valence-corrected chi connectivity index (χ2v) is 7.33. The molecule has 3 N–H and O–H groups in total. The number of anilines is 2. The number of nitrogens with one attached hydrogen (secondary N) is 2. The maximum Gasteiger partial charge on any atom is 0.261 e. The second kappa shape index (κ2) is 7.49. The van der Waals surface area contributed by atoms with Crippen LogP contribution >= 0.6 is 0 Å². The molecule has 0 amide bonds. The first-order valence-electron chi connectivity index (χ1n) is 9.60. The van der Waals surface area contributed by atoms with Crippen molar-refractivity contribution in [3.05, 3.63) is 63.9 Å². The zero-order valence-electron chi connectivity index (χ0n) is 15.7. The standard InChI is InChI=1S/C21H23N5O2/c1-13(27)14-6-5-7-15(12-14)24-20-19-18(10-11-23-21(19)28)26(25-20)17-9-4-3-8-16(17)22-2/h5-7,10-13,16-17,27H,3-4,8-9H2,1H3,(H,23,28)(H,24,25)/t13?,16-,17-/m0/s1. The van der Waals surface area contributed by atoms with Gasteiger partial charge in [0.25, 0.3) is 5.56 Å². The van der Waals surface area contributed by atoms with E-state index in [-0.39, 0.29) is 17.6 Å². The number of hydrogen-bond donors (Lipinski definition) is 3. The molecule has 3 atom stereocenters. The van der Waals surface area contributed by atoms with Gasteiger partial charge in [-0.3, -0.25) is 9.48 Å². The molecule has 3 aromatic rings. The van der Waals surface area contributed by atoms with Crippen molar-refractivity contribution in [2.45, 2.75) is 50.8 Å². The quantitative estimate of drug-likeness (QED) is 0.601. The molecular formula is C21H23N5O2. The molecule has 7 nitrogen and oxygen atoms in total. The van der Waals surface area contributed by atoms with Crippen LogP contribution in [0.25, 0.3) is 15.7 Å². The second-order valence-electron chi connectivity index (χ2n) is 7.33. The monoisotopic (exact) mass is 377 g/mol. The normalized spacial score (nSPS) is 20.6. The summed E-state index contributed by atoms with van der Waals surface area (Å²) in [5, 5.41) is 18.3. The number of rotatable bonds is 4. The summed E-state index contributed by atoms with van der Waals surface area (Å²) in [5.74, 6) is 0.467. The fraction of sp³-hybridized carbons (Fsp3) is 0.381. The molecule has 1 unspecified atom stereocenters. The fourth-order valence-corrected chi connectivity index (χ4v) is 3.98. The van der Waals surface area contributed by atoms with Crippen LogP contribution in [0.2, 0.25) is 0 Å². The highest BCUT2D eigenvalue weighted by Gasteiger charge is 2.33. The summed E-state index contributed by atoms with van der Waals surface area (Å²) in [6, 6.07) is 9.10. The van der Waals surface area contributed by atoms with Gasteiger partial charge in [0.1, 0.15) is 11.4 Å². The van der Waals surface area contributed by atoms with Crippen LogP contribution in [0.15, 0.2) is 41.3 Å². The maximum atomic E-state index is 12.6. The first-order valence-corrected chi connectivity index (χ1v) is 9.60. The van der Waals surface area contributed by atoms with Crippen molar-refractivity contribution in [1.29, 1.82) is 0 Å². The molecule has 7 heteroatoms. The lowest BCUT2D eigenvalue weighted by Gasteiger charge is -2.24. The lowest BCUT2D eigenvalue weighted by atomic mass is 9.91. The van der Waals surface area contributed by atoms with Crippen LogP contribution in [-0.2, 0) is 0 Å². The molecule has 0 spiro atoms. The summed E-state index contributed by atoms with van der Waals surface area (Å²) in [7, 11) is 0. The fourth-order valence-electron chi connectivity index (χ4n) is 3.98. The van der Waals surface area contributed by atoms with E-state index in [4.69, 9.17) is 11.7 Å². The van der Waals surface area contributed by atoms with Gasteiger partial charge in [-0.15, -0.1) is 0 Å². The van der Waals surface area contributed by atoms with Crippen LogP contribution in [-0.4, -0.2) is 25.9 Å². The number of nitrogens with zero attached hydrogens (tertiary/aromatic N) is 3. The van der Waals surface area contributed by atoms with E-state index in [0.717, 1.165) is 42.5 Å². The predicted molar refractivity (Wildman–Crippen MR) is 109 cm³/mol. The van der Waals surface area contributed by atoms with Gasteiger partial charge in [-0.2, -0.15) is 5.10 Å². The van der Waals surface area contributed by atoms with Gasteiger partial charge in [-0.1, -0.05) is 18.6 Å². The topological polar surface area (TPSA) is 87.3 Å². The third-order valence-corrected chi connectivity index (χ3v) is 5.44. The van der Waals surface area contributed by atoms with Crippen LogP contribution < -0.4 is 10.9 Å². The Hall–Kier alpha value is -3.11. The molecule has 28 heavy (non-hydrogen) atoms. The van der Waals surface area contributed by atoms with Gasteiger partial charge in [-0.25, -0.2) is 6.57 Å². The van der Waals surface area contributed by atoms with E-state index in [2.05, 4.69) is 15.1 Å². The van der Waals surface area contributed by atoms with Gasteiger partial charge < -0.3 is 20.3 Å². The smallest absolute Gasteiger partial charge is 0.261 e. The molecule has 2 aromatic heterocycles. The lowest BCUT2D eigenvalue weighted by Crippen LogP contribution is -2.26. The molecule has 1 aliphatic carbocycles. The van der Waals surface area contributed by atoms with Crippen molar-refractivity contribution < 1.29 is 5.11 Å². The molecule has 1 aliphatic rings. The van der Waals surface area contributed by atoms with E-state index in [1.807, 2.05) is 35.0 Å². The summed E-state index contributed by atoms with van der Waals surface area (Å²) in [6.45, 7) is 9.26. The van der Waals surface area contributed by atoms with Crippen molar-refractivity contribution in [2.24, 2.45) is 0 Å². The predicted octanol–water partition coefficient (Wildman–Crippen LogP) is 3.92. The summed E-state index contributed by atoms with van der Waals surface area (Å²) < 4.78 is 1.85. The number of hydrogen-bond acceptors (Lipinski definition) is 4. The Balaban J connectivity index is 1.80. The Labute approximate surface area is 162 Å². The van der Waals surface area contributed by atoms with Crippen LogP contribution in [0.5, 0.6) is 0 Å². The zero-order valence-corrected chi connectivity index (χ0v) is 15.7. The maximum absolute atomic E-state index is 12.6.